The van der Waals surface area contributed by atoms with Crippen molar-refractivity contribution in [2.45, 2.75) is 19.8 Å². The Hall–Kier alpha value is -1.95. The third kappa shape index (κ3) is 2.06. The smallest absolute Gasteiger partial charge is 0.251 e. The first-order chi connectivity index (χ1) is 8.72. The molecule has 0 fully saturated rings. The number of nitrogens with zero attached hydrogens (tertiary/aromatic N) is 3. The Morgan fingerprint density at radius 2 is 2.33 bits per heavy atom. The summed E-state index contributed by atoms with van der Waals surface area (Å²) in [6.45, 7) is 1.83. The summed E-state index contributed by atoms with van der Waals surface area (Å²) < 4.78 is 2.07. The lowest BCUT2D eigenvalue weighted by Gasteiger charge is -2.01. The number of aromatic nitrogens is 4. The summed E-state index contributed by atoms with van der Waals surface area (Å²) in [4.78, 5) is 23.7. The summed E-state index contributed by atoms with van der Waals surface area (Å²) in [5.41, 5.74) is 1.80. The summed E-state index contributed by atoms with van der Waals surface area (Å²) in [7, 11) is 0. The quantitative estimate of drug-likeness (QED) is 0.777. The lowest BCUT2D eigenvalue weighted by atomic mass is 10.2. The van der Waals surface area contributed by atoms with E-state index in [1.54, 1.807) is 11.3 Å². The van der Waals surface area contributed by atoms with Gasteiger partial charge >= 0.3 is 0 Å². The second kappa shape index (κ2) is 4.38. The van der Waals surface area contributed by atoms with E-state index in [0.717, 1.165) is 28.6 Å². The van der Waals surface area contributed by atoms with Gasteiger partial charge in [0.05, 0.1) is 6.20 Å². The van der Waals surface area contributed by atoms with E-state index in [9.17, 15) is 4.79 Å². The Balaban J connectivity index is 1.82. The molecule has 3 heterocycles. The maximum Gasteiger partial charge on any atom is 0.251 e. The molecule has 0 aliphatic carbocycles. The molecule has 0 radical (unpaired) electrons. The van der Waals surface area contributed by atoms with Gasteiger partial charge in [-0.2, -0.15) is 0 Å². The number of hydrogen-bond acceptors (Lipinski definition) is 4. The number of imidazole rings is 1. The van der Waals surface area contributed by atoms with Crippen molar-refractivity contribution in [1.82, 2.24) is 19.4 Å². The predicted octanol–water partition coefficient (Wildman–Crippen LogP) is 1.57. The molecule has 0 saturated heterocycles. The summed E-state index contributed by atoms with van der Waals surface area (Å²) >= 11 is 1.61. The molecule has 0 aliphatic rings. The monoisotopic (exact) mass is 260 g/mol. The number of H-pyrrole nitrogens is 1. The predicted molar refractivity (Wildman–Crippen MR) is 70.1 cm³/mol. The van der Waals surface area contributed by atoms with Crippen molar-refractivity contribution in [3.63, 3.8) is 0 Å². The van der Waals surface area contributed by atoms with Crippen LogP contribution in [0, 0.1) is 6.92 Å². The van der Waals surface area contributed by atoms with Crippen LogP contribution in [-0.2, 0) is 12.8 Å². The molecule has 1 N–H and O–H groups in total. The molecule has 0 amide bonds. The Morgan fingerprint density at radius 1 is 1.44 bits per heavy atom. The molecule has 92 valence electrons. The zero-order chi connectivity index (χ0) is 12.5. The fourth-order valence-corrected chi connectivity index (χ4v) is 2.68. The molecular weight excluding hydrogens is 248 g/mol. The van der Waals surface area contributed by atoms with E-state index in [2.05, 4.69) is 19.4 Å². The molecule has 5 nitrogen and oxygen atoms in total. The summed E-state index contributed by atoms with van der Waals surface area (Å²) in [5, 5.41) is 2.01. The Bertz CT molecular complexity index is 740. The van der Waals surface area contributed by atoms with Crippen LogP contribution in [0.3, 0.4) is 0 Å². The van der Waals surface area contributed by atoms with E-state index in [-0.39, 0.29) is 5.56 Å². The maximum absolute atomic E-state index is 11.3. The molecule has 3 aromatic rings. The van der Waals surface area contributed by atoms with Crippen molar-refractivity contribution in [2.24, 2.45) is 0 Å². The molecule has 0 aliphatic heterocycles. The van der Waals surface area contributed by atoms with Gasteiger partial charge in [-0.15, -0.1) is 11.3 Å². The summed E-state index contributed by atoms with van der Waals surface area (Å²) in [5.74, 6) is 0.727. The number of thiazole rings is 1. The molecule has 0 unspecified atom stereocenters. The van der Waals surface area contributed by atoms with Crippen LogP contribution in [0.5, 0.6) is 0 Å². The maximum atomic E-state index is 11.3. The van der Waals surface area contributed by atoms with Crippen LogP contribution in [0.2, 0.25) is 0 Å². The largest absolute Gasteiger partial charge is 0.311 e. The number of fused-ring (bicyclic) bond motifs is 1. The fourth-order valence-electron chi connectivity index (χ4n) is 1.97. The molecule has 3 aromatic heterocycles. The van der Waals surface area contributed by atoms with Crippen LogP contribution < -0.4 is 5.56 Å². The van der Waals surface area contributed by atoms with Crippen molar-refractivity contribution in [3.05, 3.63) is 51.4 Å². The third-order valence-corrected chi connectivity index (χ3v) is 3.53. The van der Waals surface area contributed by atoms with Crippen LogP contribution in [-0.4, -0.2) is 19.4 Å². The van der Waals surface area contributed by atoms with Gasteiger partial charge in [-0.3, -0.25) is 9.20 Å². The van der Waals surface area contributed by atoms with E-state index >= 15 is 0 Å². The van der Waals surface area contributed by atoms with Crippen LogP contribution in [0.4, 0.5) is 0 Å². The van der Waals surface area contributed by atoms with E-state index in [1.807, 2.05) is 24.7 Å². The van der Waals surface area contributed by atoms with Gasteiger partial charge < -0.3 is 4.98 Å². The van der Waals surface area contributed by atoms with Crippen molar-refractivity contribution < 1.29 is 0 Å². The van der Waals surface area contributed by atoms with E-state index in [1.165, 1.54) is 6.07 Å². The zero-order valence-corrected chi connectivity index (χ0v) is 10.7. The minimum atomic E-state index is -0.0912. The SMILES string of the molecule is Cc1cc(=O)[nH]c(CCc2cnc3sccn23)n1. The van der Waals surface area contributed by atoms with Gasteiger partial charge in [-0.25, -0.2) is 9.97 Å². The standard InChI is InChI=1S/C12H12N4OS/c1-8-6-11(17)15-10(14-8)3-2-9-7-13-12-16(9)4-5-18-12/h4-7H,2-3H2,1H3,(H,14,15,17). The highest BCUT2D eigenvalue weighted by atomic mass is 32.1. The molecule has 0 saturated carbocycles. The minimum Gasteiger partial charge on any atom is -0.311 e. The second-order valence-corrected chi connectivity index (χ2v) is 5.01. The average molecular weight is 260 g/mol. The van der Waals surface area contributed by atoms with E-state index < -0.39 is 0 Å². The topological polar surface area (TPSA) is 63.0 Å². The fraction of sp³-hybridized carbons (Fsp3) is 0.250. The molecule has 6 heteroatoms. The highest BCUT2D eigenvalue weighted by Gasteiger charge is 2.05. The van der Waals surface area contributed by atoms with Crippen molar-refractivity contribution in [3.8, 4) is 0 Å². The average Bonchev–Trinajstić information content (AvgIpc) is 2.87. The summed E-state index contributed by atoms with van der Waals surface area (Å²) in [6.07, 6.45) is 5.40. The van der Waals surface area contributed by atoms with Gasteiger partial charge in [0.2, 0.25) is 0 Å². The first-order valence-electron chi connectivity index (χ1n) is 5.68. The van der Waals surface area contributed by atoms with Crippen LogP contribution >= 0.6 is 11.3 Å². The first-order valence-corrected chi connectivity index (χ1v) is 6.56. The molecule has 3 rings (SSSR count). The number of aryl methyl sites for hydroxylation is 3. The molecule has 0 bridgehead atoms. The summed E-state index contributed by atoms with van der Waals surface area (Å²) in [6, 6.07) is 1.50. The van der Waals surface area contributed by atoms with Gasteiger partial charge in [-0.1, -0.05) is 0 Å². The van der Waals surface area contributed by atoms with Gasteiger partial charge in [0.15, 0.2) is 4.96 Å². The Labute approximate surface area is 107 Å². The molecule has 0 spiro atoms. The first kappa shape index (κ1) is 11.2. The number of aromatic amines is 1. The zero-order valence-electron chi connectivity index (χ0n) is 9.88. The third-order valence-electron chi connectivity index (χ3n) is 2.76. The highest BCUT2D eigenvalue weighted by Crippen LogP contribution is 2.13. The highest BCUT2D eigenvalue weighted by molar-refractivity contribution is 7.15. The number of rotatable bonds is 3. The number of hydrogen-bond donors (Lipinski definition) is 1. The molecular formula is C12H12N4OS. The van der Waals surface area contributed by atoms with Crippen LogP contribution in [0.1, 0.15) is 17.2 Å². The normalized spacial score (nSPS) is 11.2. The van der Waals surface area contributed by atoms with E-state index in [0.29, 0.717) is 6.42 Å². The molecule has 18 heavy (non-hydrogen) atoms. The van der Waals surface area contributed by atoms with Crippen LogP contribution in [0.15, 0.2) is 28.6 Å². The lowest BCUT2D eigenvalue weighted by Crippen LogP contribution is -2.12. The van der Waals surface area contributed by atoms with Crippen molar-refractivity contribution >= 4 is 16.3 Å². The van der Waals surface area contributed by atoms with Crippen LogP contribution in [0.25, 0.3) is 4.96 Å². The van der Waals surface area contributed by atoms with Gasteiger partial charge in [0.1, 0.15) is 5.82 Å². The Kier molecular flexibility index (Phi) is 2.71. The number of nitrogens with one attached hydrogen (secondary N) is 1. The molecule has 0 atom stereocenters. The van der Waals surface area contributed by atoms with Crippen molar-refractivity contribution in [2.75, 3.05) is 0 Å². The minimum absolute atomic E-state index is 0.0912. The lowest BCUT2D eigenvalue weighted by molar-refractivity contribution is 0.812. The Morgan fingerprint density at radius 3 is 3.17 bits per heavy atom. The van der Waals surface area contributed by atoms with Gasteiger partial charge in [0, 0.05) is 35.5 Å². The molecule has 0 aromatic carbocycles. The van der Waals surface area contributed by atoms with Gasteiger partial charge in [0.25, 0.3) is 5.56 Å². The van der Waals surface area contributed by atoms with Gasteiger partial charge in [-0.05, 0) is 13.3 Å². The second-order valence-electron chi connectivity index (χ2n) is 4.14. The van der Waals surface area contributed by atoms with Crippen molar-refractivity contribution in [1.29, 1.82) is 0 Å². The van der Waals surface area contributed by atoms with E-state index in [4.69, 9.17) is 0 Å².